The Balaban J connectivity index is 1.89. The lowest BCUT2D eigenvalue weighted by Gasteiger charge is -2.19. The lowest BCUT2D eigenvalue weighted by atomic mass is 10.2. The number of hydrogen-bond donors (Lipinski definition) is 1. The molecule has 2 rings (SSSR count). The molecule has 0 fully saturated rings. The summed E-state index contributed by atoms with van der Waals surface area (Å²) in [5, 5.41) is 2.70. The molecule has 120 valence electrons. The summed E-state index contributed by atoms with van der Waals surface area (Å²) in [4.78, 5) is 33.4. The molecule has 1 heterocycles. The van der Waals surface area contributed by atoms with Crippen LogP contribution in [-0.2, 0) is 11.3 Å². The van der Waals surface area contributed by atoms with Gasteiger partial charge in [0.2, 0.25) is 5.91 Å². The standard InChI is InChI=1S/C16H17FN4O2/c1-2-21(16(23)14-10-18-7-8-19-14)11-15(22)20-9-12-3-5-13(17)6-4-12/h3-8,10H,2,9,11H2,1H3,(H,20,22). The van der Waals surface area contributed by atoms with Crippen LogP contribution in [0.4, 0.5) is 4.39 Å². The van der Waals surface area contributed by atoms with E-state index in [9.17, 15) is 14.0 Å². The van der Waals surface area contributed by atoms with Crippen LogP contribution >= 0.6 is 0 Å². The third-order valence-electron chi connectivity index (χ3n) is 3.19. The maximum Gasteiger partial charge on any atom is 0.274 e. The largest absolute Gasteiger partial charge is 0.350 e. The maximum atomic E-state index is 12.8. The van der Waals surface area contributed by atoms with Gasteiger partial charge in [0.1, 0.15) is 11.5 Å². The van der Waals surface area contributed by atoms with Crippen molar-refractivity contribution in [1.29, 1.82) is 0 Å². The van der Waals surface area contributed by atoms with Crippen LogP contribution in [0.2, 0.25) is 0 Å². The molecule has 1 aromatic carbocycles. The fourth-order valence-corrected chi connectivity index (χ4v) is 1.93. The number of carbonyl (C=O) groups is 2. The van der Waals surface area contributed by atoms with Crippen LogP contribution in [0.15, 0.2) is 42.9 Å². The van der Waals surface area contributed by atoms with Crippen molar-refractivity contribution in [3.63, 3.8) is 0 Å². The lowest BCUT2D eigenvalue weighted by molar-refractivity contribution is -0.121. The quantitative estimate of drug-likeness (QED) is 0.874. The van der Waals surface area contributed by atoms with Gasteiger partial charge in [-0.1, -0.05) is 12.1 Å². The van der Waals surface area contributed by atoms with Crippen LogP contribution < -0.4 is 5.32 Å². The summed E-state index contributed by atoms with van der Waals surface area (Å²) in [5.74, 6) is -0.974. The van der Waals surface area contributed by atoms with Gasteiger partial charge in [-0.3, -0.25) is 14.6 Å². The summed E-state index contributed by atoms with van der Waals surface area (Å²) in [6.07, 6.45) is 4.26. The molecule has 0 saturated carbocycles. The van der Waals surface area contributed by atoms with Crippen molar-refractivity contribution in [3.05, 3.63) is 59.9 Å². The van der Waals surface area contributed by atoms with Gasteiger partial charge in [0, 0.05) is 25.5 Å². The van der Waals surface area contributed by atoms with E-state index in [2.05, 4.69) is 15.3 Å². The number of nitrogens with one attached hydrogen (secondary N) is 1. The highest BCUT2D eigenvalue weighted by Gasteiger charge is 2.18. The van der Waals surface area contributed by atoms with Crippen molar-refractivity contribution in [2.75, 3.05) is 13.1 Å². The molecule has 0 radical (unpaired) electrons. The Morgan fingerprint density at radius 1 is 1.22 bits per heavy atom. The Kier molecular flexibility index (Phi) is 5.74. The van der Waals surface area contributed by atoms with Gasteiger partial charge < -0.3 is 10.2 Å². The van der Waals surface area contributed by atoms with Crippen LogP contribution in [0.3, 0.4) is 0 Å². The summed E-state index contributed by atoms with van der Waals surface area (Å²) >= 11 is 0. The third-order valence-corrected chi connectivity index (χ3v) is 3.19. The minimum Gasteiger partial charge on any atom is -0.350 e. The first kappa shape index (κ1) is 16.5. The predicted molar refractivity (Wildman–Crippen MR) is 81.9 cm³/mol. The molecule has 7 heteroatoms. The van der Waals surface area contributed by atoms with Gasteiger partial charge >= 0.3 is 0 Å². The highest BCUT2D eigenvalue weighted by Crippen LogP contribution is 2.03. The van der Waals surface area contributed by atoms with E-state index in [4.69, 9.17) is 0 Å². The van der Waals surface area contributed by atoms with Gasteiger partial charge in [-0.25, -0.2) is 9.37 Å². The predicted octanol–water partition coefficient (Wildman–Crippen LogP) is 1.39. The van der Waals surface area contributed by atoms with Gasteiger partial charge in [-0.05, 0) is 24.6 Å². The zero-order valence-corrected chi connectivity index (χ0v) is 12.7. The summed E-state index contributed by atoms with van der Waals surface area (Å²) < 4.78 is 12.8. The summed E-state index contributed by atoms with van der Waals surface area (Å²) in [5.41, 5.74) is 0.976. The molecule has 1 N–H and O–H groups in total. The summed E-state index contributed by atoms with van der Waals surface area (Å²) in [6, 6.07) is 5.85. The van der Waals surface area contributed by atoms with Crippen molar-refractivity contribution >= 4 is 11.8 Å². The number of hydrogen-bond acceptors (Lipinski definition) is 4. The first-order chi connectivity index (χ1) is 11.1. The van der Waals surface area contributed by atoms with Gasteiger partial charge in [0.05, 0.1) is 12.7 Å². The molecule has 2 aromatic rings. The first-order valence-electron chi connectivity index (χ1n) is 7.16. The van der Waals surface area contributed by atoms with E-state index in [0.29, 0.717) is 6.54 Å². The molecule has 6 nitrogen and oxygen atoms in total. The molecule has 0 aliphatic heterocycles. The number of carbonyl (C=O) groups excluding carboxylic acids is 2. The van der Waals surface area contributed by atoms with E-state index in [-0.39, 0.29) is 36.4 Å². The van der Waals surface area contributed by atoms with Crippen LogP contribution in [-0.4, -0.2) is 39.8 Å². The van der Waals surface area contributed by atoms with Gasteiger partial charge in [0.25, 0.3) is 5.91 Å². The van der Waals surface area contributed by atoms with Gasteiger partial charge in [0.15, 0.2) is 0 Å². The van der Waals surface area contributed by atoms with Crippen molar-refractivity contribution in [3.8, 4) is 0 Å². The second kappa shape index (κ2) is 7.98. The molecule has 2 amide bonds. The smallest absolute Gasteiger partial charge is 0.274 e. The normalized spacial score (nSPS) is 10.2. The molecular weight excluding hydrogens is 299 g/mol. The van der Waals surface area contributed by atoms with E-state index in [0.717, 1.165) is 5.56 Å². The molecule has 0 spiro atoms. The molecule has 0 saturated heterocycles. The highest BCUT2D eigenvalue weighted by molar-refractivity contribution is 5.94. The van der Waals surface area contributed by atoms with Gasteiger partial charge in [-0.2, -0.15) is 0 Å². The number of rotatable bonds is 6. The minimum absolute atomic E-state index is 0.0763. The average molecular weight is 316 g/mol. The van der Waals surface area contributed by atoms with Crippen molar-refractivity contribution in [2.45, 2.75) is 13.5 Å². The Labute approximate surface area is 133 Å². The fraction of sp³-hybridized carbons (Fsp3) is 0.250. The topological polar surface area (TPSA) is 75.2 Å². The van der Waals surface area contributed by atoms with Crippen LogP contribution in [0.25, 0.3) is 0 Å². The SMILES string of the molecule is CCN(CC(=O)NCc1ccc(F)cc1)C(=O)c1cnccn1. The number of aromatic nitrogens is 2. The first-order valence-corrected chi connectivity index (χ1v) is 7.16. The number of nitrogens with zero attached hydrogens (tertiary/aromatic N) is 3. The van der Waals surface area contributed by atoms with E-state index in [1.165, 1.54) is 35.6 Å². The molecule has 0 atom stereocenters. The zero-order chi connectivity index (χ0) is 16.7. The van der Waals surface area contributed by atoms with E-state index < -0.39 is 0 Å². The molecule has 0 bridgehead atoms. The van der Waals surface area contributed by atoms with E-state index >= 15 is 0 Å². The molecule has 0 unspecified atom stereocenters. The monoisotopic (exact) mass is 316 g/mol. The molecule has 23 heavy (non-hydrogen) atoms. The second-order valence-corrected chi connectivity index (χ2v) is 4.81. The summed E-state index contributed by atoms with van der Waals surface area (Å²) in [6.45, 7) is 2.35. The number of benzene rings is 1. The third kappa shape index (κ3) is 4.84. The van der Waals surface area contributed by atoms with Crippen molar-refractivity contribution < 1.29 is 14.0 Å². The van der Waals surface area contributed by atoms with Crippen LogP contribution in [0.5, 0.6) is 0 Å². The summed E-state index contributed by atoms with van der Waals surface area (Å²) in [7, 11) is 0. The molecule has 1 aromatic heterocycles. The van der Waals surface area contributed by atoms with Crippen molar-refractivity contribution in [1.82, 2.24) is 20.2 Å². The van der Waals surface area contributed by atoms with E-state index in [1.807, 2.05) is 0 Å². The molecule has 0 aliphatic carbocycles. The average Bonchev–Trinajstić information content (AvgIpc) is 2.59. The van der Waals surface area contributed by atoms with Crippen molar-refractivity contribution in [2.24, 2.45) is 0 Å². The van der Waals surface area contributed by atoms with Gasteiger partial charge in [-0.15, -0.1) is 0 Å². The number of halogens is 1. The van der Waals surface area contributed by atoms with E-state index in [1.54, 1.807) is 19.1 Å². The molecule has 0 aliphatic rings. The van der Waals surface area contributed by atoms with Crippen LogP contribution in [0.1, 0.15) is 23.0 Å². The Morgan fingerprint density at radius 3 is 2.57 bits per heavy atom. The second-order valence-electron chi connectivity index (χ2n) is 4.81. The maximum absolute atomic E-state index is 12.8. The Morgan fingerprint density at radius 2 is 1.96 bits per heavy atom. The minimum atomic E-state index is -0.350. The fourth-order valence-electron chi connectivity index (χ4n) is 1.93. The Bertz CT molecular complexity index is 662. The zero-order valence-electron chi connectivity index (χ0n) is 12.7. The number of amides is 2. The Hall–Kier alpha value is -2.83. The highest BCUT2D eigenvalue weighted by atomic mass is 19.1. The lowest BCUT2D eigenvalue weighted by Crippen LogP contribution is -2.40. The number of likely N-dealkylation sites (N-methyl/N-ethyl adjacent to an activating group) is 1. The van der Waals surface area contributed by atoms with Crippen LogP contribution in [0, 0.1) is 5.82 Å². The molecular formula is C16H17FN4O2.